The van der Waals surface area contributed by atoms with Crippen molar-refractivity contribution in [2.75, 3.05) is 47.9 Å². The summed E-state index contributed by atoms with van der Waals surface area (Å²) in [5.74, 6) is -0.436. The smallest absolute Gasteiger partial charge is 0.170 e. The van der Waals surface area contributed by atoms with Crippen molar-refractivity contribution in [1.29, 1.82) is 0 Å². The summed E-state index contributed by atoms with van der Waals surface area (Å²) in [6.45, 7) is 2.54. The zero-order valence-corrected chi connectivity index (χ0v) is 13.4. The number of halogens is 1. The van der Waals surface area contributed by atoms with E-state index in [4.69, 9.17) is 4.74 Å². The first-order chi connectivity index (χ1) is 9.95. The average molecular weight is 296 g/mol. The fourth-order valence-corrected chi connectivity index (χ4v) is 2.13. The fraction of sp³-hybridized carbons (Fsp3) is 0.562. The van der Waals surface area contributed by atoms with E-state index in [2.05, 4.69) is 9.80 Å². The van der Waals surface area contributed by atoms with Crippen LogP contribution in [0.4, 0.5) is 4.39 Å². The van der Waals surface area contributed by atoms with E-state index in [0.29, 0.717) is 12.3 Å². The minimum absolute atomic E-state index is 0.0571. The number of rotatable bonds is 9. The van der Waals surface area contributed by atoms with Crippen molar-refractivity contribution >= 4 is 5.78 Å². The van der Waals surface area contributed by atoms with Crippen LogP contribution in [-0.2, 0) is 0 Å². The second-order valence-electron chi connectivity index (χ2n) is 5.45. The third-order valence-corrected chi connectivity index (χ3v) is 3.34. The maximum atomic E-state index is 13.8. The first-order valence-electron chi connectivity index (χ1n) is 7.14. The standard InChI is InChI=1S/C16H25FN2O2/c1-18(2)10-6-11-19(3)12-9-14(20)16-13(17)7-5-8-15(16)21-4/h5,7-8H,6,9-12H2,1-4H3. The Kier molecular flexibility index (Phi) is 7.32. The highest BCUT2D eigenvalue weighted by atomic mass is 19.1. The number of Topliss-reactive ketones (excluding diaryl/α,β-unsaturated/α-hetero) is 1. The molecular weight excluding hydrogens is 271 g/mol. The molecule has 0 saturated carbocycles. The highest BCUT2D eigenvalue weighted by molar-refractivity contribution is 5.99. The molecule has 4 nitrogen and oxygen atoms in total. The van der Waals surface area contributed by atoms with Gasteiger partial charge >= 0.3 is 0 Å². The van der Waals surface area contributed by atoms with E-state index in [0.717, 1.165) is 19.5 Å². The Balaban J connectivity index is 2.51. The lowest BCUT2D eigenvalue weighted by molar-refractivity contribution is 0.0961. The molecule has 0 aliphatic heterocycles. The Hall–Kier alpha value is -1.46. The van der Waals surface area contributed by atoms with Crippen LogP contribution < -0.4 is 4.74 Å². The molecule has 1 aromatic rings. The Morgan fingerprint density at radius 1 is 1.19 bits per heavy atom. The van der Waals surface area contributed by atoms with Crippen molar-refractivity contribution < 1.29 is 13.9 Å². The molecule has 0 fully saturated rings. The summed E-state index contributed by atoms with van der Waals surface area (Å²) in [5, 5.41) is 0. The molecule has 0 N–H and O–H groups in total. The SMILES string of the molecule is COc1cccc(F)c1C(=O)CCN(C)CCCN(C)C. The van der Waals surface area contributed by atoms with Crippen LogP contribution in [0.25, 0.3) is 0 Å². The van der Waals surface area contributed by atoms with Gasteiger partial charge in [-0.2, -0.15) is 0 Å². The molecule has 1 aromatic carbocycles. The summed E-state index contributed by atoms with van der Waals surface area (Å²) in [5.41, 5.74) is 0.0571. The van der Waals surface area contributed by atoms with Crippen LogP contribution in [0.2, 0.25) is 0 Å². The Bertz CT molecular complexity index is 464. The molecule has 0 saturated heterocycles. The van der Waals surface area contributed by atoms with Gasteiger partial charge in [0.2, 0.25) is 0 Å². The first kappa shape index (κ1) is 17.6. The molecule has 1 rings (SSSR count). The van der Waals surface area contributed by atoms with E-state index in [-0.39, 0.29) is 17.8 Å². The first-order valence-corrected chi connectivity index (χ1v) is 7.14. The minimum atomic E-state index is -0.519. The van der Waals surface area contributed by atoms with Crippen LogP contribution >= 0.6 is 0 Å². The largest absolute Gasteiger partial charge is 0.496 e. The van der Waals surface area contributed by atoms with Crippen molar-refractivity contribution in [3.63, 3.8) is 0 Å². The number of ketones is 1. The number of methoxy groups -OCH3 is 1. The molecule has 0 aliphatic rings. The lowest BCUT2D eigenvalue weighted by atomic mass is 10.1. The summed E-state index contributed by atoms with van der Waals surface area (Å²) < 4.78 is 18.8. The molecule has 0 atom stereocenters. The summed E-state index contributed by atoms with van der Waals surface area (Å²) in [6.07, 6.45) is 1.33. The van der Waals surface area contributed by atoms with Crippen molar-refractivity contribution in [2.24, 2.45) is 0 Å². The molecule has 0 bridgehead atoms. The van der Waals surface area contributed by atoms with Crippen molar-refractivity contribution in [3.8, 4) is 5.75 Å². The number of hydrogen-bond donors (Lipinski definition) is 0. The molecule has 0 aliphatic carbocycles. The van der Waals surface area contributed by atoms with Crippen LogP contribution in [0.3, 0.4) is 0 Å². The van der Waals surface area contributed by atoms with E-state index in [1.807, 2.05) is 21.1 Å². The lowest BCUT2D eigenvalue weighted by Gasteiger charge is -2.18. The molecule has 0 spiro atoms. The minimum Gasteiger partial charge on any atom is -0.496 e. The van der Waals surface area contributed by atoms with Gasteiger partial charge in [0, 0.05) is 13.0 Å². The van der Waals surface area contributed by atoms with E-state index in [1.54, 1.807) is 6.07 Å². The van der Waals surface area contributed by atoms with E-state index in [9.17, 15) is 9.18 Å². The summed E-state index contributed by atoms with van der Waals surface area (Å²) in [6, 6.07) is 4.44. The van der Waals surface area contributed by atoms with Gasteiger partial charge < -0.3 is 14.5 Å². The van der Waals surface area contributed by atoms with E-state index in [1.165, 1.54) is 19.2 Å². The molecule has 5 heteroatoms. The topological polar surface area (TPSA) is 32.8 Å². The summed E-state index contributed by atoms with van der Waals surface area (Å²) >= 11 is 0. The van der Waals surface area contributed by atoms with Crippen LogP contribution in [0.15, 0.2) is 18.2 Å². The summed E-state index contributed by atoms with van der Waals surface area (Å²) in [4.78, 5) is 16.4. The number of benzene rings is 1. The van der Waals surface area contributed by atoms with Gasteiger partial charge in [0.1, 0.15) is 11.6 Å². The molecule has 0 amide bonds. The normalized spacial score (nSPS) is 11.2. The zero-order valence-electron chi connectivity index (χ0n) is 13.4. The van der Waals surface area contributed by atoms with Crippen LogP contribution in [0.1, 0.15) is 23.2 Å². The van der Waals surface area contributed by atoms with Gasteiger partial charge in [-0.25, -0.2) is 4.39 Å². The quantitative estimate of drug-likeness (QED) is 0.655. The van der Waals surface area contributed by atoms with Gasteiger partial charge in [-0.3, -0.25) is 4.79 Å². The zero-order chi connectivity index (χ0) is 15.8. The number of nitrogens with zero attached hydrogens (tertiary/aromatic N) is 2. The third-order valence-electron chi connectivity index (χ3n) is 3.34. The van der Waals surface area contributed by atoms with Crippen molar-refractivity contribution in [1.82, 2.24) is 9.80 Å². The third kappa shape index (κ3) is 5.81. The molecule has 0 heterocycles. The lowest BCUT2D eigenvalue weighted by Crippen LogP contribution is -2.26. The molecule has 0 radical (unpaired) electrons. The van der Waals surface area contributed by atoms with Gasteiger partial charge in [-0.1, -0.05) is 6.07 Å². The Morgan fingerprint density at radius 3 is 2.52 bits per heavy atom. The van der Waals surface area contributed by atoms with Gasteiger partial charge in [0.05, 0.1) is 12.7 Å². The fourth-order valence-electron chi connectivity index (χ4n) is 2.13. The summed E-state index contributed by atoms with van der Waals surface area (Å²) in [7, 11) is 7.49. The number of ether oxygens (including phenoxy) is 1. The highest BCUT2D eigenvalue weighted by Crippen LogP contribution is 2.22. The maximum absolute atomic E-state index is 13.8. The Morgan fingerprint density at radius 2 is 1.90 bits per heavy atom. The predicted octanol–water partition coefficient (Wildman–Crippen LogP) is 2.29. The number of carbonyl (C=O) groups is 1. The second-order valence-corrected chi connectivity index (χ2v) is 5.45. The molecule has 21 heavy (non-hydrogen) atoms. The molecule has 118 valence electrons. The molecule has 0 unspecified atom stereocenters. The monoisotopic (exact) mass is 296 g/mol. The maximum Gasteiger partial charge on any atom is 0.170 e. The van der Waals surface area contributed by atoms with E-state index < -0.39 is 5.82 Å². The highest BCUT2D eigenvalue weighted by Gasteiger charge is 2.17. The second kappa shape index (κ2) is 8.74. The van der Waals surface area contributed by atoms with Crippen LogP contribution in [0, 0.1) is 5.82 Å². The molecule has 0 aromatic heterocycles. The van der Waals surface area contributed by atoms with Gasteiger partial charge in [-0.15, -0.1) is 0 Å². The van der Waals surface area contributed by atoms with Gasteiger partial charge in [0.15, 0.2) is 5.78 Å². The van der Waals surface area contributed by atoms with Crippen molar-refractivity contribution in [3.05, 3.63) is 29.6 Å². The predicted molar refractivity (Wildman–Crippen MR) is 82.6 cm³/mol. The van der Waals surface area contributed by atoms with Crippen molar-refractivity contribution in [2.45, 2.75) is 12.8 Å². The Labute approximate surface area is 126 Å². The number of carbonyl (C=O) groups excluding carboxylic acids is 1. The average Bonchev–Trinajstić information content (AvgIpc) is 2.44. The van der Waals surface area contributed by atoms with Gasteiger partial charge in [-0.05, 0) is 52.8 Å². The van der Waals surface area contributed by atoms with Crippen LogP contribution in [0.5, 0.6) is 5.75 Å². The number of hydrogen-bond acceptors (Lipinski definition) is 4. The van der Waals surface area contributed by atoms with Crippen LogP contribution in [-0.4, -0.2) is 63.5 Å². The van der Waals surface area contributed by atoms with E-state index >= 15 is 0 Å². The molecular formula is C16H25FN2O2. The van der Waals surface area contributed by atoms with Gasteiger partial charge in [0.25, 0.3) is 0 Å².